The summed E-state index contributed by atoms with van der Waals surface area (Å²) in [6.07, 6.45) is 1.77. The highest BCUT2D eigenvalue weighted by Crippen LogP contribution is 2.27. The van der Waals surface area contributed by atoms with Crippen molar-refractivity contribution >= 4 is 33.8 Å². The van der Waals surface area contributed by atoms with E-state index in [0.717, 1.165) is 46.4 Å². The van der Waals surface area contributed by atoms with E-state index >= 15 is 0 Å². The molecule has 0 aliphatic heterocycles. The van der Waals surface area contributed by atoms with Crippen LogP contribution in [-0.4, -0.2) is 25.9 Å². The zero-order valence-corrected chi connectivity index (χ0v) is 18.7. The number of carboxylic acid groups (broad SMARTS) is 1. The fraction of sp³-hybridized carbons (Fsp3) is 0.192. The molecule has 0 spiro atoms. The second-order valence-electron chi connectivity index (χ2n) is 7.85. The van der Waals surface area contributed by atoms with Gasteiger partial charge in [0.05, 0.1) is 16.6 Å². The number of hydrogen-bond acceptors (Lipinski definition) is 3. The Balaban J connectivity index is 1.74. The number of fused-ring (bicyclic) bond motifs is 1. The van der Waals surface area contributed by atoms with Gasteiger partial charge in [0.15, 0.2) is 0 Å². The highest BCUT2D eigenvalue weighted by Gasteiger charge is 2.16. The first kappa shape index (κ1) is 21.8. The predicted molar refractivity (Wildman–Crippen MR) is 127 cm³/mol. The van der Waals surface area contributed by atoms with Crippen LogP contribution in [0.5, 0.6) is 0 Å². The minimum atomic E-state index is -0.946. The number of carbonyl (C=O) groups excluding carboxylic acids is 1. The number of aromatic carboxylic acids is 1. The average Bonchev–Trinajstić information content (AvgIpc) is 3.12. The molecule has 3 aromatic carbocycles. The molecule has 4 rings (SSSR count). The van der Waals surface area contributed by atoms with E-state index in [1.165, 1.54) is 0 Å². The van der Waals surface area contributed by atoms with Gasteiger partial charge in [-0.05, 0) is 65.4 Å². The van der Waals surface area contributed by atoms with Crippen molar-refractivity contribution in [2.75, 3.05) is 0 Å². The minimum Gasteiger partial charge on any atom is -0.478 e. The summed E-state index contributed by atoms with van der Waals surface area (Å²) in [5.41, 5.74) is 6.01. The summed E-state index contributed by atoms with van der Waals surface area (Å²) in [4.78, 5) is 28.2. The molecule has 0 amide bonds. The molecule has 0 aliphatic carbocycles. The molecule has 0 aliphatic rings. The number of carboxylic acids is 1. The van der Waals surface area contributed by atoms with E-state index < -0.39 is 11.2 Å². The summed E-state index contributed by atoms with van der Waals surface area (Å²) in [6.45, 7) is 4.64. The Bertz CT molecular complexity index is 1320. The summed E-state index contributed by atoms with van der Waals surface area (Å²) < 4.78 is 2.13. The fourth-order valence-electron chi connectivity index (χ4n) is 4.04. The average molecular weight is 447 g/mol. The van der Waals surface area contributed by atoms with Crippen molar-refractivity contribution in [2.24, 2.45) is 0 Å². The maximum atomic E-state index is 11.8. The van der Waals surface area contributed by atoms with Crippen LogP contribution in [0.3, 0.4) is 0 Å². The Kier molecular flexibility index (Phi) is 6.10. The maximum Gasteiger partial charge on any atom is 0.336 e. The number of nitrogens with zero attached hydrogens (tertiary/aromatic N) is 2. The van der Waals surface area contributed by atoms with Crippen LogP contribution in [0.15, 0.2) is 60.7 Å². The third-order valence-corrected chi connectivity index (χ3v) is 5.81. The molecule has 162 valence electrons. The van der Waals surface area contributed by atoms with Crippen molar-refractivity contribution in [3.05, 3.63) is 88.7 Å². The van der Waals surface area contributed by atoms with Crippen molar-refractivity contribution in [3.8, 4) is 11.1 Å². The Labute approximate surface area is 191 Å². The molecule has 0 unspecified atom stereocenters. The lowest BCUT2D eigenvalue weighted by molar-refractivity contribution is 0.0697. The number of halogens is 1. The number of aryl methyl sites for hydroxylation is 2. The van der Waals surface area contributed by atoms with Gasteiger partial charge in [-0.2, -0.15) is 0 Å². The summed E-state index contributed by atoms with van der Waals surface area (Å²) in [7, 11) is 0. The Morgan fingerprint density at radius 2 is 1.78 bits per heavy atom. The van der Waals surface area contributed by atoms with E-state index in [4.69, 9.17) is 16.6 Å². The van der Waals surface area contributed by atoms with Gasteiger partial charge in [-0.1, -0.05) is 49.4 Å². The molecule has 4 aromatic rings. The van der Waals surface area contributed by atoms with E-state index in [0.29, 0.717) is 17.7 Å². The number of benzene rings is 3. The molecule has 0 saturated heterocycles. The largest absolute Gasteiger partial charge is 0.478 e. The predicted octanol–water partition coefficient (Wildman–Crippen LogP) is 6.09. The Hall–Kier alpha value is -3.44. The highest BCUT2D eigenvalue weighted by molar-refractivity contribution is 6.67. The molecular weight excluding hydrogens is 424 g/mol. The molecule has 0 radical (unpaired) electrons. The van der Waals surface area contributed by atoms with Crippen molar-refractivity contribution in [1.82, 2.24) is 9.55 Å². The molecule has 5 nitrogen and oxygen atoms in total. The first-order valence-electron chi connectivity index (χ1n) is 10.5. The third-order valence-electron chi connectivity index (χ3n) is 5.59. The summed E-state index contributed by atoms with van der Waals surface area (Å²) in [5, 5.41) is 8.99. The standard InChI is InChI=1S/C26H23ClN2O3/c1-3-6-23-28-24-16(2)13-19(25(27)30)14-22(24)29(23)15-17-9-11-18(12-10-17)20-7-4-5-8-21(20)26(31)32/h4-5,7-14H,3,6,15H2,1-2H3,(H,31,32). The fourth-order valence-corrected chi connectivity index (χ4v) is 4.15. The molecule has 1 heterocycles. The SMILES string of the molecule is CCCc1nc2c(C)cc(C(=O)Cl)cc2n1Cc1ccc(-c2ccccc2C(=O)O)cc1. The quantitative estimate of drug-likeness (QED) is 0.348. The topological polar surface area (TPSA) is 72.2 Å². The van der Waals surface area contributed by atoms with Gasteiger partial charge in [-0.25, -0.2) is 9.78 Å². The van der Waals surface area contributed by atoms with Crippen LogP contribution in [0, 0.1) is 6.92 Å². The van der Waals surface area contributed by atoms with Gasteiger partial charge in [0.1, 0.15) is 5.82 Å². The van der Waals surface area contributed by atoms with E-state index in [9.17, 15) is 14.7 Å². The molecule has 0 saturated carbocycles. The molecule has 0 bridgehead atoms. The summed E-state index contributed by atoms with van der Waals surface area (Å²) in [6, 6.07) is 18.4. The van der Waals surface area contributed by atoms with Crippen molar-refractivity contribution < 1.29 is 14.7 Å². The molecule has 0 fully saturated rings. The third kappa shape index (κ3) is 4.16. The minimum absolute atomic E-state index is 0.278. The van der Waals surface area contributed by atoms with Crippen LogP contribution in [0.1, 0.15) is 51.0 Å². The van der Waals surface area contributed by atoms with Gasteiger partial charge in [0.2, 0.25) is 0 Å². The van der Waals surface area contributed by atoms with Crippen molar-refractivity contribution in [1.29, 1.82) is 0 Å². The first-order valence-corrected chi connectivity index (χ1v) is 10.9. The molecule has 1 aromatic heterocycles. The van der Waals surface area contributed by atoms with Crippen LogP contribution < -0.4 is 0 Å². The summed E-state index contributed by atoms with van der Waals surface area (Å²) in [5.74, 6) is 0.0175. The zero-order chi connectivity index (χ0) is 22.8. The van der Waals surface area contributed by atoms with Crippen LogP contribution in [-0.2, 0) is 13.0 Å². The molecule has 6 heteroatoms. The van der Waals surface area contributed by atoms with Crippen LogP contribution in [0.4, 0.5) is 0 Å². The number of aromatic nitrogens is 2. The lowest BCUT2D eigenvalue weighted by Gasteiger charge is -2.11. The van der Waals surface area contributed by atoms with Crippen LogP contribution in [0.2, 0.25) is 0 Å². The van der Waals surface area contributed by atoms with Crippen molar-refractivity contribution in [3.63, 3.8) is 0 Å². The van der Waals surface area contributed by atoms with E-state index in [2.05, 4.69) is 11.5 Å². The number of hydrogen-bond donors (Lipinski definition) is 1. The van der Waals surface area contributed by atoms with Crippen molar-refractivity contribution in [2.45, 2.75) is 33.2 Å². The Morgan fingerprint density at radius 1 is 1.06 bits per heavy atom. The van der Waals surface area contributed by atoms with E-state index in [1.807, 2.05) is 43.3 Å². The number of carbonyl (C=O) groups is 2. The molecule has 1 N–H and O–H groups in total. The second kappa shape index (κ2) is 8.97. The van der Waals surface area contributed by atoms with Gasteiger partial charge in [-0.15, -0.1) is 0 Å². The smallest absolute Gasteiger partial charge is 0.336 e. The van der Waals surface area contributed by atoms with Gasteiger partial charge < -0.3 is 9.67 Å². The normalized spacial score (nSPS) is 11.1. The van der Waals surface area contributed by atoms with Gasteiger partial charge in [0, 0.05) is 18.5 Å². The first-order chi connectivity index (χ1) is 15.4. The zero-order valence-electron chi connectivity index (χ0n) is 17.9. The van der Waals surface area contributed by atoms with Gasteiger partial charge >= 0.3 is 5.97 Å². The lowest BCUT2D eigenvalue weighted by atomic mass is 9.98. The number of imidazole rings is 1. The van der Waals surface area contributed by atoms with Crippen LogP contribution in [0.25, 0.3) is 22.2 Å². The van der Waals surface area contributed by atoms with Gasteiger partial charge in [0.25, 0.3) is 5.24 Å². The Morgan fingerprint density at radius 3 is 2.44 bits per heavy atom. The second-order valence-corrected chi connectivity index (χ2v) is 8.19. The maximum absolute atomic E-state index is 11.8. The monoisotopic (exact) mass is 446 g/mol. The lowest BCUT2D eigenvalue weighted by Crippen LogP contribution is -2.06. The number of rotatable bonds is 7. The molecular formula is C26H23ClN2O3. The van der Waals surface area contributed by atoms with Gasteiger partial charge in [-0.3, -0.25) is 4.79 Å². The summed E-state index contributed by atoms with van der Waals surface area (Å²) >= 11 is 5.76. The van der Waals surface area contributed by atoms with E-state index in [1.54, 1.807) is 24.3 Å². The van der Waals surface area contributed by atoms with E-state index in [-0.39, 0.29) is 5.56 Å². The van der Waals surface area contributed by atoms with Crippen LogP contribution >= 0.6 is 11.6 Å². The molecule has 32 heavy (non-hydrogen) atoms. The molecule has 0 atom stereocenters. The highest BCUT2D eigenvalue weighted by atomic mass is 35.5.